The number of amidine groups is 1. The standard InChI is InChI=1S/C14H20N2S/c1-5-12-9-16(4)14(17-12)15-13-7-6-10(2)8-11(13)3/h6-8,12H,5,9H2,1-4H3. The summed E-state index contributed by atoms with van der Waals surface area (Å²) < 4.78 is 0. The lowest BCUT2D eigenvalue weighted by Crippen LogP contribution is -2.20. The summed E-state index contributed by atoms with van der Waals surface area (Å²) in [7, 11) is 2.13. The highest BCUT2D eigenvalue weighted by Crippen LogP contribution is 2.30. The van der Waals surface area contributed by atoms with Crippen molar-refractivity contribution < 1.29 is 0 Å². The summed E-state index contributed by atoms with van der Waals surface area (Å²) in [4.78, 5) is 7.05. The van der Waals surface area contributed by atoms with Crippen LogP contribution in [-0.2, 0) is 0 Å². The lowest BCUT2D eigenvalue weighted by Gasteiger charge is -2.10. The number of benzene rings is 1. The van der Waals surface area contributed by atoms with Gasteiger partial charge in [0.1, 0.15) is 0 Å². The van der Waals surface area contributed by atoms with Crippen molar-refractivity contribution in [1.29, 1.82) is 0 Å². The second-order valence-electron chi connectivity index (χ2n) is 4.71. The fourth-order valence-electron chi connectivity index (χ4n) is 2.02. The van der Waals surface area contributed by atoms with E-state index in [4.69, 9.17) is 4.99 Å². The summed E-state index contributed by atoms with van der Waals surface area (Å²) >= 11 is 1.90. The van der Waals surface area contributed by atoms with E-state index in [-0.39, 0.29) is 0 Å². The average Bonchev–Trinajstić information content (AvgIpc) is 2.64. The van der Waals surface area contributed by atoms with Crippen molar-refractivity contribution >= 4 is 22.6 Å². The predicted molar refractivity (Wildman–Crippen MR) is 77.3 cm³/mol. The van der Waals surface area contributed by atoms with Crippen LogP contribution in [-0.4, -0.2) is 28.9 Å². The smallest absolute Gasteiger partial charge is 0.164 e. The molecule has 0 spiro atoms. The third-order valence-corrected chi connectivity index (χ3v) is 4.53. The minimum absolute atomic E-state index is 0.699. The molecule has 1 fully saturated rings. The predicted octanol–water partition coefficient (Wildman–Crippen LogP) is 3.75. The molecule has 0 saturated carbocycles. The molecule has 2 nitrogen and oxygen atoms in total. The van der Waals surface area contributed by atoms with Crippen LogP contribution in [0.15, 0.2) is 23.2 Å². The third kappa shape index (κ3) is 2.83. The van der Waals surface area contributed by atoms with E-state index >= 15 is 0 Å². The van der Waals surface area contributed by atoms with Crippen LogP contribution in [0.1, 0.15) is 24.5 Å². The van der Waals surface area contributed by atoms with Gasteiger partial charge in [0, 0.05) is 18.8 Å². The maximum atomic E-state index is 4.78. The minimum atomic E-state index is 0.699. The van der Waals surface area contributed by atoms with Gasteiger partial charge in [-0.15, -0.1) is 0 Å². The molecular weight excluding hydrogens is 228 g/mol. The average molecular weight is 248 g/mol. The van der Waals surface area contributed by atoms with Gasteiger partial charge in [-0.1, -0.05) is 36.4 Å². The van der Waals surface area contributed by atoms with E-state index in [0.29, 0.717) is 5.25 Å². The number of thioether (sulfide) groups is 1. The second-order valence-corrected chi connectivity index (χ2v) is 5.98. The lowest BCUT2D eigenvalue weighted by atomic mass is 10.1. The molecule has 92 valence electrons. The zero-order valence-corrected chi connectivity index (χ0v) is 11.8. The Morgan fingerprint density at radius 2 is 2.18 bits per heavy atom. The van der Waals surface area contributed by atoms with Crippen LogP contribution >= 0.6 is 11.8 Å². The number of hydrogen-bond donors (Lipinski definition) is 0. The topological polar surface area (TPSA) is 15.6 Å². The van der Waals surface area contributed by atoms with Crippen molar-refractivity contribution in [3.63, 3.8) is 0 Å². The van der Waals surface area contributed by atoms with E-state index in [9.17, 15) is 0 Å². The molecular formula is C14H20N2S. The maximum absolute atomic E-state index is 4.78. The van der Waals surface area contributed by atoms with Crippen molar-refractivity contribution in [2.24, 2.45) is 4.99 Å². The van der Waals surface area contributed by atoms with Crippen molar-refractivity contribution in [2.45, 2.75) is 32.4 Å². The minimum Gasteiger partial charge on any atom is -0.353 e. The molecule has 1 aromatic rings. The highest BCUT2D eigenvalue weighted by Gasteiger charge is 2.24. The molecule has 1 aromatic carbocycles. The van der Waals surface area contributed by atoms with Gasteiger partial charge in [-0.2, -0.15) is 0 Å². The summed E-state index contributed by atoms with van der Waals surface area (Å²) in [5, 5.41) is 1.85. The molecule has 1 aliphatic rings. The molecule has 1 saturated heterocycles. The molecule has 0 radical (unpaired) electrons. The number of rotatable bonds is 2. The molecule has 0 aromatic heterocycles. The Labute approximate surface area is 108 Å². The van der Waals surface area contributed by atoms with E-state index in [1.54, 1.807) is 0 Å². The Balaban J connectivity index is 2.24. The monoisotopic (exact) mass is 248 g/mol. The van der Waals surface area contributed by atoms with Gasteiger partial charge in [-0.3, -0.25) is 0 Å². The van der Waals surface area contributed by atoms with Crippen molar-refractivity contribution in [3.05, 3.63) is 29.3 Å². The zero-order valence-electron chi connectivity index (χ0n) is 11.0. The first-order valence-electron chi connectivity index (χ1n) is 6.14. The third-order valence-electron chi connectivity index (χ3n) is 3.10. The van der Waals surface area contributed by atoms with Crippen LogP contribution in [0.4, 0.5) is 5.69 Å². The highest BCUT2D eigenvalue weighted by atomic mass is 32.2. The Kier molecular flexibility index (Phi) is 3.77. The lowest BCUT2D eigenvalue weighted by molar-refractivity contribution is 0.518. The second kappa shape index (κ2) is 5.13. The molecule has 1 atom stereocenters. The van der Waals surface area contributed by atoms with Gasteiger partial charge in [0.2, 0.25) is 0 Å². The number of aryl methyl sites for hydroxylation is 2. The molecule has 0 amide bonds. The van der Waals surface area contributed by atoms with Crippen LogP contribution < -0.4 is 0 Å². The SMILES string of the molecule is CCC1CN(C)C(=Nc2ccc(C)cc2C)S1. The summed E-state index contributed by atoms with van der Waals surface area (Å²) in [6.45, 7) is 7.60. The van der Waals surface area contributed by atoms with Gasteiger partial charge in [-0.25, -0.2) is 4.99 Å². The zero-order chi connectivity index (χ0) is 12.4. The Morgan fingerprint density at radius 1 is 1.41 bits per heavy atom. The largest absolute Gasteiger partial charge is 0.353 e. The molecule has 1 heterocycles. The first-order valence-corrected chi connectivity index (χ1v) is 7.02. The Bertz CT molecular complexity index is 440. The van der Waals surface area contributed by atoms with Gasteiger partial charge in [-0.05, 0) is 31.9 Å². The normalized spacial score (nSPS) is 22.5. The molecule has 17 heavy (non-hydrogen) atoms. The van der Waals surface area contributed by atoms with Gasteiger partial charge >= 0.3 is 0 Å². The summed E-state index contributed by atoms with van der Waals surface area (Å²) in [6, 6.07) is 6.44. The molecule has 3 heteroatoms. The van der Waals surface area contributed by atoms with Crippen LogP contribution in [0.2, 0.25) is 0 Å². The maximum Gasteiger partial charge on any atom is 0.164 e. The van der Waals surface area contributed by atoms with Crippen molar-refractivity contribution in [3.8, 4) is 0 Å². The van der Waals surface area contributed by atoms with E-state index in [2.05, 4.69) is 50.9 Å². The first kappa shape index (κ1) is 12.5. The molecule has 0 bridgehead atoms. The van der Waals surface area contributed by atoms with E-state index < -0.39 is 0 Å². The number of nitrogens with zero attached hydrogens (tertiary/aromatic N) is 2. The van der Waals surface area contributed by atoms with E-state index in [1.165, 1.54) is 17.5 Å². The molecule has 1 unspecified atom stereocenters. The molecule has 0 N–H and O–H groups in total. The van der Waals surface area contributed by atoms with Crippen LogP contribution in [0.5, 0.6) is 0 Å². The highest BCUT2D eigenvalue weighted by molar-refractivity contribution is 8.14. The van der Waals surface area contributed by atoms with Gasteiger partial charge in [0.15, 0.2) is 5.17 Å². The van der Waals surface area contributed by atoms with Crippen LogP contribution in [0, 0.1) is 13.8 Å². The van der Waals surface area contributed by atoms with E-state index in [1.807, 2.05) is 11.8 Å². The summed E-state index contributed by atoms with van der Waals surface area (Å²) in [5.74, 6) is 0. The summed E-state index contributed by atoms with van der Waals surface area (Å²) in [5.41, 5.74) is 3.65. The van der Waals surface area contributed by atoms with Gasteiger partial charge in [0.05, 0.1) is 5.69 Å². The fourth-order valence-corrected chi connectivity index (χ4v) is 3.19. The van der Waals surface area contributed by atoms with Crippen molar-refractivity contribution in [1.82, 2.24) is 4.90 Å². The Hall–Kier alpha value is -0.960. The van der Waals surface area contributed by atoms with Crippen molar-refractivity contribution in [2.75, 3.05) is 13.6 Å². The van der Waals surface area contributed by atoms with E-state index in [0.717, 1.165) is 17.4 Å². The fraction of sp³-hybridized carbons (Fsp3) is 0.500. The van der Waals surface area contributed by atoms with Gasteiger partial charge < -0.3 is 4.90 Å². The number of hydrogen-bond acceptors (Lipinski definition) is 2. The number of aliphatic imine (C=N–C) groups is 1. The van der Waals surface area contributed by atoms with Gasteiger partial charge in [0.25, 0.3) is 0 Å². The quantitative estimate of drug-likeness (QED) is 0.792. The molecule has 2 rings (SSSR count). The summed E-state index contributed by atoms with van der Waals surface area (Å²) in [6.07, 6.45) is 1.21. The molecule has 0 aliphatic carbocycles. The first-order chi connectivity index (χ1) is 8.10. The van der Waals surface area contributed by atoms with Crippen LogP contribution in [0.25, 0.3) is 0 Å². The molecule has 1 aliphatic heterocycles. The Morgan fingerprint density at radius 3 is 2.76 bits per heavy atom. The van der Waals surface area contributed by atoms with Crippen LogP contribution in [0.3, 0.4) is 0 Å².